The van der Waals surface area contributed by atoms with E-state index in [-0.39, 0.29) is 0 Å². The zero-order valence-corrected chi connectivity index (χ0v) is 11.6. The molecule has 1 heterocycles. The van der Waals surface area contributed by atoms with E-state index in [2.05, 4.69) is 34.3 Å². The fourth-order valence-corrected chi connectivity index (χ4v) is 1.88. The van der Waals surface area contributed by atoms with Crippen LogP contribution in [0.4, 0.5) is 5.82 Å². The summed E-state index contributed by atoms with van der Waals surface area (Å²) in [7, 11) is 1.86. The molecule has 0 spiro atoms. The third-order valence-corrected chi connectivity index (χ3v) is 2.88. The number of hydrogen-bond donors (Lipinski definition) is 1. The maximum Gasteiger partial charge on any atom is 0.157 e. The second-order valence-electron chi connectivity index (χ2n) is 4.26. The SMILES string of the molecule is CCOCc1nc(NC)cc(-c2ccccc2C)n1. The molecule has 1 aromatic carbocycles. The first-order valence-corrected chi connectivity index (χ1v) is 6.44. The normalized spacial score (nSPS) is 10.5. The first-order valence-electron chi connectivity index (χ1n) is 6.44. The highest BCUT2D eigenvalue weighted by Crippen LogP contribution is 2.23. The Labute approximate surface area is 113 Å². The van der Waals surface area contributed by atoms with Crippen LogP contribution in [-0.2, 0) is 11.3 Å². The minimum absolute atomic E-state index is 0.435. The van der Waals surface area contributed by atoms with Gasteiger partial charge in [0.1, 0.15) is 12.4 Å². The molecule has 0 fully saturated rings. The Kier molecular flexibility index (Phi) is 4.47. The maximum atomic E-state index is 5.39. The van der Waals surface area contributed by atoms with Crippen LogP contribution in [0.5, 0.6) is 0 Å². The van der Waals surface area contributed by atoms with E-state index in [0.717, 1.165) is 17.1 Å². The molecule has 0 amide bonds. The van der Waals surface area contributed by atoms with Gasteiger partial charge in [-0.3, -0.25) is 0 Å². The molecule has 0 aliphatic heterocycles. The minimum atomic E-state index is 0.435. The summed E-state index contributed by atoms with van der Waals surface area (Å²) < 4.78 is 5.39. The molecule has 0 aliphatic rings. The van der Waals surface area contributed by atoms with Crippen molar-refractivity contribution in [1.29, 1.82) is 0 Å². The van der Waals surface area contributed by atoms with E-state index >= 15 is 0 Å². The summed E-state index contributed by atoms with van der Waals surface area (Å²) in [6.07, 6.45) is 0. The van der Waals surface area contributed by atoms with Gasteiger partial charge in [0.05, 0.1) is 5.69 Å². The Bertz CT molecular complexity index is 555. The van der Waals surface area contributed by atoms with E-state index < -0.39 is 0 Å². The van der Waals surface area contributed by atoms with Gasteiger partial charge in [0.25, 0.3) is 0 Å². The Morgan fingerprint density at radius 3 is 2.68 bits per heavy atom. The summed E-state index contributed by atoms with van der Waals surface area (Å²) in [5.74, 6) is 1.51. The van der Waals surface area contributed by atoms with Crippen LogP contribution in [0.2, 0.25) is 0 Å². The minimum Gasteiger partial charge on any atom is -0.374 e. The molecular formula is C15H19N3O. The van der Waals surface area contributed by atoms with Gasteiger partial charge < -0.3 is 10.1 Å². The van der Waals surface area contributed by atoms with Crippen molar-refractivity contribution in [2.24, 2.45) is 0 Å². The lowest BCUT2D eigenvalue weighted by molar-refractivity contribution is 0.128. The molecule has 0 atom stereocenters. The van der Waals surface area contributed by atoms with Crippen LogP contribution in [0.25, 0.3) is 11.3 Å². The maximum absolute atomic E-state index is 5.39. The predicted molar refractivity (Wildman–Crippen MR) is 77.1 cm³/mol. The summed E-state index contributed by atoms with van der Waals surface area (Å²) in [6, 6.07) is 10.2. The van der Waals surface area contributed by atoms with E-state index in [9.17, 15) is 0 Å². The Morgan fingerprint density at radius 2 is 2.00 bits per heavy atom. The van der Waals surface area contributed by atoms with Crippen LogP contribution < -0.4 is 5.32 Å². The summed E-state index contributed by atoms with van der Waals surface area (Å²) in [6.45, 7) is 5.14. The lowest BCUT2D eigenvalue weighted by atomic mass is 10.1. The number of ether oxygens (including phenoxy) is 1. The lowest BCUT2D eigenvalue weighted by Gasteiger charge is -2.09. The number of aromatic nitrogens is 2. The van der Waals surface area contributed by atoms with Crippen LogP contribution in [0.3, 0.4) is 0 Å². The highest BCUT2D eigenvalue weighted by atomic mass is 16.5. The van der Waals surface area contributed by atoms with Crippen LogP contribution in [0, 0.1) is 6.92 Å². The monoisotopic (exact) mass is 257 g/mol. The third kappa shape index (κ3) is 3.29. The standard InChI is InChI=1S/C15H19N3O/c1-4-19-10-15-17-13(9-14(16-3)18-15)12-8-6-5-7-11(12)2/h5-9H,4,10H2,1-3H3,(H,16,17,18). The quantitative estimate of drug-likeness (QED) is 0.894. The van der Waals surface area contributed by atoms with Crippen molar-refractivity contribution >= 4 is 5.82 Å². The molecule has 19 heavy (non-hydrogen) atoms. The summed E-state index contributed by atoms with van der Waals surface area (Å²) in [5, 5.41) is 3.07. The number of anilines is 1. The van der Waals surface area contributed by atoms with Gasteiger partial charge in [-0.15, -0.1) is 0 Å². The summed E-state index contributed by atoms with van der Waals surface area (Å²) in [5.41, 5.74) is 3.25. The molecule has 0 aliphatic carbocycles. The molecule has 4 nitrogen and oxygen atoms in total. The van der Waals surface area contributed by atoms with Crippen LogP contribution in [0.15, 0.2) is 30.3 Å². The highest BCUT2D eigenvalue weighted by molar-refractivity contribution is 5.65. The fraction of sp³-hybridized carbons (Fsp3) is 0.333. The molecule has 100 valence electrons. The molecule has 1 N–H and O–H groups in total. The number of nitrogens with zero attached hydrogens (tertiary/aromatic N) is 2. The molecule has 0 unspecified atom stereocenters. The van der Waals surface area contributed by atoms with E-state index in [1.54, 1.807) is 0 Å². The Morgan fingerprint density at radius 1 is 1.21 bits per heavy atom. The summed E-state index contributed by atoms with van der Waals surface area (Å²) >= 11 is 0. The van der Waals surface area contributed by atoms with Gasteiger partial charge in [-0.05, 0) is 19.4 Å². The van der Waals surface area contributed by atoms with Crippen molar-refractivity contribution in [2.45, 2.75) is 20.5 Å². The molecule has 2 aromatic rings. The Hall–Kier alpha value is -1.94. The van der Waals surface area contributed by atoms with Gasteiger partial charge >= 0.3 is 0 Å². The van der Waals surface area contributed by atoms with E-state index in [1.807, 2.05) is 32.2 Å². The predicted octanol–water partition coefficient (Wildman–Crippen LogP) is 3.03. The van der Waals surface area contributed by atoms with Gasteiger partial charge in [-0.25, -0.2) is 9.97 Å². The number of aryl methyl sites for hydroxylation is 1. The van der Waals surface area contributed by atoms with Crippen LogP contribution in [-0.4, -0.2) is 23.6 Å². The zero-order valence-electron chi connectivity index (χ0n) is 11.6. The van der Waals surface area contributed by atoms with Gasteiger partial charge in [-0.1, -0.05) is 24.3 Å². The molecule has 4 heteroatoms. The highest BCUT2D eigenvalue weighted by Gasteiger charge is 2.08. The van der Waals surface area contributed by atoms with Crippen molar-refractivity contribution < 1.29 is 4.74 Å². The third-order valence-electron chi connectivity index (χ3n) is 2.88. The fourth-order valence-electron chi connectivity index (χ4n) is 1.88. The summed E-state index contributed by atoms with van der Waals surface area (Å²) in [4.78, 5) is 8.97. The Balaban J connectivity index is 2.42. The topological polar surface area (TPSA) is 47.0 Å². The molecule has 0 saturated heterocycles. The molecule has 0 bridgehead atoms. The second-order valence-corrected chi connectivity index (χ2v) is 4.26. The zero-order chi connectivity index (χ0) is 13.7. The molecule has 0 saturated carbocycles. The average molecular weight is 257 g/mol. The van der Waals surface area contributed by atoms with Crippen molar-refractivity contribution in [1.82, 2.24) is 9.97 Å². The van der Waals surface area contributed by atoms with Gasteiger partial charge in [0.2, 0.25) is 0 Å². The molecule has 0 radical (unpaired) electrons. The van der Waals surface area contributed by atoms with Crippen LogP contribution in [0.1, 0.15) is 18.3 Å². The van der Waals surface area contributed by atoms with Gasteiger partial charge in [-0.2, -0.15) is 0 Å². The van der Waals surface area contributed by atoms with E-state index in [0.29, 0.717) is 19.0 Å². The first kappa shape index (κ1) is 13.5. The van der Waals surface area contributed by atoms with Crippen molar-refractivity contribution in [3.05, 3.63) is 41.7 Å². The molecule has 1 aromatic heterocycles. The van der Waals surface area contributed by atoms with Crippen molar-refractivity contribution in [3.8, 4) is 11.3 Å². The van der Waals surface area contributed by atoms with Crippen molar-refractivity contribution in [3.63, 3.8) is 0 Å². The lowest BCUT2D eigenvalue weighted by Crippen LogP contribution is -2.04. The largest absolute Gasteiger partial charge is 0.374 e. The van der Waals surface area contributed by atoms with E-state index in [4.69, 9.17) is 4.74 Å². The second kappa shape index (κ2) is 6.29. The van der Waals surface area contributed by atoms with E-state index in [1.165, 1.54) is 5.56 Å². The first-order chi connectivity index (χ1) is 9.24. The van der Waals surface area contributed by atoms with Gasteiger partial charge in [0, 0.05) is 25.3 Å². The molecule has 2 rings (SSSR count). The average Bonchev–Trinajstić information content (AvgIpc) is 2.45. The van der Waals surface area contributed by atoms with Crippen LogP contribution >= 0.6 is 0 Å². The smallest absolute Gasteiger partial charge is 0.157 e. The number of benzene rings is 1. The van der Waals surface area contributed by atoms with Crippen molar-refractivity contribution in [2.75, 3.05) is 19.0 Å². The number of nitrogens with one attached hydrogen (secondary N) is 1. The number of rotatable bonds is 5. The number of hydrogen-bond acceptors (Lipinski definition) is 4. The van der Waals surface area contributed by atoms with Gasteiger partial charge in [0.15, 0.2) is 5.82 Å². The molecular weight excluding hydrogens is 238 g/mol.